The lowest BCUT2D eigenvalue weighted by Gasteiger charge is -2.25. The molecule has 2 aliphatic rings. The number of pyridine rings is 1. The van der Waals surface area contributed by atoms with Crippen molar-refractivity contribution >= 4 is 16.7 Å². The molecule has 128 valence electrons. The van der Waals surface area contributed by atoms with Crippen molar-refractivity contribution in [3.05, 3.63) is 30.1 Å². The molecule has 4 rings (SSSR count). The molecular weight excluding hydrogens is 319 g/mol. The zero-order valence-electron chi connectivity index (χ0n) is 12.6. The lowest BCUT2D eigenvalue weighted by Crippen LogP contribution is -2.47. The highest BCUT2D eigenvalue weighted by molar-refractivity contribution is 5.81. The molecule has 0 spiro atoms. The van der Waals surface area contributed by atoms with Crippen LogP contribution in [0.1, 0.15) is 12.8 Å². The standard InChI is InChI=1S/C16H17FN2O5/c17-9-5-7-1-2-8(6-10(7)19-14(9)18)23-11-3-4-16(22)12(20)15(21)24-13(11)16/h1-2,5-6,11-13,15,20-22H,3-4H2,(H2,18,19)/t11-,12-,13+,15?,16-/m0/s1. The molecule has 2 heterocycles. The number of anilines is 1. The van der Waals surface area contributed by atoms with E-state index in [0.29, 0.717) is 23.1 Å². The quantitative estimate of drug-likeness (QED) is 0.623. The van der Waals surface area contributed by atoms with Gasteiger partial charge in [-0.25, -0.2) is 9.37 Å². The van der Waals surface area contributed by atoms with Crippen LogP contribution < -0.4 is 10.5 Å². The number of nitrogens with zero attached hydrogens (tertiary/aromatic N) is 1. The van der Waals surface area contributed by atoms with Gasteiger partial charge in [0.05, 0.1) is 5.52 Å². The molecule has 1 unspecified atom stereocenters. The summed E-state index contributed by atoms with van der Waals surface area (Å²) in [6.07, 6.45) is -3.45. The van der Waals surface area contributed by atoms with Crippen LogP contribution in [-0.4, -0.2) is 50.5 Å². The second kappa shape index (κ2) is 5.25. The average molecular weight is 336 g/mol. The Morgan fingerprint density at radius 2 is 2.12 bits per heavy atom. The number of aromatic nitrogens is 1. The number of nitrogens with two attached hydrogens (primary N) is 1. The van der Waals surface area contributed by atoms with Crippen molar-refractivity contribution in [2.45, 2.75) is 43.0 Å². The molecule has 5 atom stereocenters. The number of aliphatic hydroxyl groups excluding tert-OH is 2. The normalized spacial score (nSPS) is 35.3. The Morgan fingerprint density at radius 3 is 2.92 bits per heavy atom. The van der Waals surface area contributed by atoms with Crippen molar-refractivity contribution in [2.24, 2.45) is 0 Å². The van der Waals surface area contributed by atoms with Gasteiger partial charge >= 0.3 is 0 Å². The summed E-state index contributed by atoms with van der Waals surface area (Å²) < 4.78 is 24.5. The molecule has 24 heavy (non-hydrogen) atoms. The monoisotopic (exact) mass is 336 g/mol. The van der Waals surface area contributed by atoms with Crippen LogP contribution >= 0.6 is 0 Å². The van der Waals surface area contributed by atoms with Crippen LogP contribution in [0.2, 0.25) is 0 Å². The second-order valence-corrected chi connectivity index (χ2v) is 6.29. The molecule has 1 aromatic heterocycles. The van der Waals surface area contributed by atoms with Gasteiger partial charge in [-0.1, -0.05) is 0 Å². The molecule has 1 saturated carbocycles. The Labute approximate surface area is 136 Å². The van der Waals surface area contributed by atoms with Crippen LogP contribution in [0.3, 0.4) is 0 Å². The molecule has 1 saturated heterocycles. The molecule has 0 amide bonds. The summed E-state index contributed by atoms with van der Waals surface area (Å²) in [6.45, 7) is 0. The maximum Gasteiger partial charge on any atom is 0.184 e. The number of fused-ring (bicyclic) bond motifs is 2. The smallest absolute Gasteiger partial charge is 0.184 e. The van der Waals surface area contributed by atoms with Gasteiger partial charge < -0.3 is 30.5 Å². The van der Waals surface area contributed by atoms with Crippen LogP contribution in [0.25, 0.3) is 10.9 Å². The molecule has 7 nitrogen and oxygen atoms in total. The minimum Gasteiger partial charge on any atom is -0.488 e. The summed E-state index contributed by atoms with van der Waals surface area (Å²) in [7, 11) is 0. The van der Waals surface area contributed by atoms with E-state index >= 15 is 0 Å². The number of rotatable bonds is 2. The van der Waals surface area contributed by atoms with Crippen LogP contribution in [0, 0.1) is 5.82 Å². The third-order valence-electron chi connectivity index (χ3n) is 4.79. The van der Waals surface area contributed by atoms with E-state index < -0.39 is 36.0 Å². The summed E-state index contributed by atoms with van der Waals surface area (Å²) >= 11 is 0. The van der Waals surface area contributed by atoms with Crippen molar-refractivity contribution in [3.63, 3.8) is 0 Å². The summed E-state index contributed by atoms with van der Waals surface area (Å²) in [6, 6.07) is 6.21. The topological polar surface area (TPSA) is 118 Å². The highest BCUT2D eigenvalue weighted by atomic mass is 19.1. The van der Waals surface area contributed by atoms with E-state index in [4.69, 9.17) is 15.2 Å². The minimum absolute atomic E-state index is 0.194. The van der Waals surface area contributed by atoms with E-state index in [-0.39, 0.29) is 12.2 Å². The minimum atomic E-state index is -1.52. The summed E-state index contributed by atoms with van der Waals surface area (Å²) in [4.78, 5) is 3.98. The van der Waals surface area contributed by atoms with Gasteiger partial charge in [0.15, 0.2) is 17.9 Å². The van der Waals surface area contributed by atoms with Crippen LogP contribution in [0.15, 0.2) is 24.3 Å². The van der Waals surface area contributed by atoms with Crippen molar-refractivity contribution < 1.29 is 29.2 Å². The number of halogens is 1. The van der Waals surface area contributed by atoms with E-state index in [1.54, 1.807) is 18.2 Å². The average Bonchev–Trinajstić information content (AvgIpc) is 2.96. The molecule has 8 heteroatoms. The Balaban J connectivity index is 1.60. The zero-order chi connectivity index (χ0) is 17.1. The van der Waals surface area contributed by atoms with Crippen molar-refractivity contribution in [1.29, 1.82) is 0 Å². The summed E-state index contributed by atoms with van der Waals surface area (Å²) in [5, 5.41) is 30.5. The molecular formula is C16H17FN2O5. The van der Waals surface area contributed by atoms with Gasteiger partial charge in [-0.3, -0.25) is 0 Å². The molecule has 1 aliphatic carbocycles. The SMILES string of the molecule is Nc1nc2cc(O[C@H]3CC[C@@]4(O)[C@@H]3OC(O)[C@@H]4O)ccc2cc1F. The fraction of sp³-hybridized carbons (Fsp3) is 0.438. The predicted octanol–water partition coefficient (Wildman–Crippen LogP) is 0.306. The first kappa shape index (κ1) is 15.5. The first-order chi connectivity index (χ1) is 11.4. The lowest BCUT2D eigenvalue weighted by molar-refractivity contribution is -0.142. The van der Waals surface area contributed by atoms with E-state index in [9.17, 15) is 19.7 Å². The summed E-state index contributed by atoms with van der Waals surface area (Å²) in [5.41, 5.74) is 4.44. The van der Waals surface area contributed by atoms with Crippen LogP contribution in [0.4, 0.5) is 10.2 Å². The third kappa shape index (κ3) is 2.22. The fourth-order valence-electron chi connectivity index (χ4n) is 3.49. The number of hydrogen-bond donors (Lipinski definition) is 4. The maximum absolute atomic E-state index is 13.4. The molecule has 0 radical (unpaired) electrons. The molecule has 1 aliphatic heterocycles. The van der Waals surface area contributed by atoms with Gasteiger partial charge in [0.25, 0.3) is 0 Å². The fourth-order valence-corrected chi connectivity index (χ4v) is 3.49. The van der Waals surface area contributed by atoms with E-state index in [2.05, 4.69) is 4.98 Å². The van der Waals surface area contributed by atoms with Gasteiger partial charge in [-0.15, -0.1) is 0 Å². The van der Waals surface area contributed by atoms with Gasteiger partial charge in [-0.2, -0.15) is 0 Å². The number of benzene rings is 1. The van der Waals surface area contributed by atoms with Gasteiger partial charge in [-0.05, 0) is 31.0 Å². The van der Waals surface area contributed by atoms with Crippen molar-refractivity contribution in [2.75, 3.05) is 5.73 Å². The van der Waals surface area contributed by atoms with Gasteiger partial charge in [0, 0.05) is 11.5 Å². The number of ether oxygens (including phenoxy) is 2. The zero-order valence-corrected chi connectivity index (χ0v) is 12.6. The Kier molecular flexibility index (Phi) is 3.40. The van der Waals surface area contributed by atoms with Crippen LogP contribution in [-0.2, 0) is 4.74 Å². The first-order valence-electron chi connectivity index (χ1n) is 7.65. The Morgan fingerprint density at radius 1 is 1.33 bits per heavy atom. The highest BCUT2D eigenvalue weighted by Gasteiger charge is 2.62. The van der Waals surface area contributed by atoms with Crippen LogP contribution in [0.5, 0.6) is 5.75 Å². The maximum atomic E-state index is 13.4. The Hall–Kier alpha value is -2.00. The van der Waals surface area contributed by atoms with E-state index in [0.717, 1.165) is 0 Å². The summed E-state index contributed by atoms with van der Waals surface area (Å²) in [5.74, 6) is -0.325. The van der Waals surface area contributed by atoms with E-state index in [1.807, 2.05) is 0 Å². The second-order valence-electron chi connectivity index (χ2n) is 6.29. The molecule has 0 bridgehead atoms. The predicted molar refractivity (Wildman–Crippen MR) is 81.6 cm³/mol. The Bertz CT molecular complexity index is 803. The van der Waals surface area contributed by atoms with E-state index in [1.165, 1.54) is 6.07 Å². The number of aliphatic hydroxyl groups is 3. The molecule has 2 fully saturated rings. The van der Waals surface area contributed by atoms with Crippen molar-refractivity contribution in [1.82, 2.24) is 4.98 Å². The molecule has 5 N–H and O–H groups in total. The third-order valence-corrected chi connectivity index (χ3v) is 4.79. The molecule has 2 aromatic rings. The van der Waals surface area contributed by atoms with Crippen molar-refractivity contribution in [3.8, 4) is 5.75 Å². The molecule has 1 aromatic carbocycles. The number of nitrogen functional groups attached to an aromatic ring is 1. The number of hydrogen-bond acceptors (Lipinski definition) is 7. The van der Waals surface area contributed by atoms with Gasteiger partial charge in [0.2, 0.25) is 0 Å². The van der Waals surface area contributed by atoms with Gasteiger partial charge in [0.1, 0.15) is 29.7 Å². The largest absolute Gasteiger partial charge is 0.488 e. The lowest BCUT2D eigenvalue weighted by atomic mass is 9.95. The highest BCUT2D eigenvalue weighted by Crippen LogP contribution is 2.43. The first-order valence-corrected chi connectivity index (χ1v) is 7.65.